The maximum atomic E-state index is 9.96. The topological polar surface area (TPSA) is 29.5 Å². The van der Waals surface area contributed by atoms with Crippen LogP contribution in [0.3, 0.4) is 0 Å². The number of hydrogen-bond acceptors (Lipinski definition) is 2. The van der Waals surface area contributed by atoms with Crippen LogP contribution in [0.5, 0.6) is 11.5 Å². The minimum Gasteiger partial charge on any atom is -0.507 e. The Morgan fingerprint density at radius 1 is 1.06 bits per heavy atom. The van der Waals surface area contributed by atoms with E-state index in [2.05, 4.69) is 0 Å². The normalized spacial score (nSPS) is 10.2. The lowest BCUT2D eigenvalue weighted by atomic mass is 10.0. The zero-order chi connectivity index (χ0) is 12.3. The summed E-state index contributed by atoms with van der Waals surface area (Å²) in [6, 6.07) is 13.4. The van der Waals surface area contributed by atoms with E-state index in [1.54, 1.807) is 12.1 Å². The molecule has 0 heterocycles. The third-order valence-corrected chi connectivity index (χ3v) is 2.64. The molecule has 0 aliphatic carbocycles. The molecule has 2 heteroatoms. The molecule has 2 aromatic rings. The van der Waals surface area contributed by atoms with Gasteiger partial charge in [0.25, 0.3) is 0 Å². The first-order valence-corrected chi connectivity index (χ1v) is 5.74. The maximum absolute atomic E-state index is 9.96. The minimum absolute atomic E-state index is 0.250. The Bertz CT molecular complexity index is 501. The fourth-order valence-electron chi connectivity index (χ4n) is 1.81. The van der Waals surface area contributed by atoms with Gasteiger partial charge in [-0.1, -0.05) is 35.9 Å². The van der Waals surface area contributed by atoms with Crippen LogP contribution in [0.1, 0.15) is 12.5 Å². The van der Waals surface area contributed by atoms with Crippen molar-refractivity contribution in [2.24, 2.45) is 0 Å². The molecule has 2 aromatic carbocycles. The van der Waals surface area contributed by atoms with E-state index in [0.29, 0.717) is 6.61 Å². The van der Waals surface area contributed by atoms with Gasteiger partial charge in [-0.15, -0.1) is 0 Å². The molecule has 17 heavy (non-hydrogen) atoms. The molecule has 0 unspecified atom stereocenters. The monoisotopic (exact) mass is 228 g/mol. The molecule has 0 saturated heterocycles. The van der Waals surface area contributed by atoms with Crippen LogP contribution in [-0.4, -0.2) is 11.7 Å². The van der Waals surface area contributed by atoms with Gasteiger partial charge in [-0.25, -0.2) is 0 Å². The Kier molecular flexibility index (Phi) is 3.33. The van der Waals surface area contributed by atoms with Gasteiger partial charge in [0.1, 0.15) is 11.5 Å². The summed E-state index contributed by atoms with van der Waals surface area (Å²) in [5.74, 6) is 0.969. The van der Waals surface area contributed by atoms with Crippen LogP contribution in [0.2, 0.25) is 0 Å². The van der Waals surface area contributed by atoms with E-state index in [1.165, 1.54) is 5.56 Å². The number of aromatic hydroxyl groups is 1. The van der Waals surface area contributed by atoms with Gasteiger partial charge >= 0.3 is 0 Å². The van der Waals surface area contributed by atoms with Gasteiger partial charge in [-0.05, 0) is 31.5 Å². The summed E-state index contributed by atoms with van der Waals surface area (Å²) in [5, 5.41) is 9.96. The third-order valence-electron chi connectivity index (χ3n) is 2.64. The van der Waals surface area contributed by atoms with Crippen molar-refractivity contribution in [1.82, 2.24) is 0 Å². The number of phenolic OH excluding ortho intramolecular Hbond substituents is 1. The number of phenols is 1. The van der Waals surface area contributed by atoms with Gasteiger partial charge in [0.15, 0.2) is 0 Å². The highest BCUT2D eigenvalue weighted by Gasteiger charge is 2.10. The van der Waals surface area contributed by atoms with E-state index in [0.717, 1.165) is 16.9 Å². The number of hydrogen-bond donors (Lipinski definition) is 1. The van der Waals surface area contributed by atoms with Crippen molar-refractivity contribution in [1.29, 1.82) is 0 Å². The first-order valence-electron chi connectivity index (χ1n) is 5.74. The molecule has 0 radical (unpaired) electrons. The first kappa shape index (κ1) is 11.5. The second kappa shape index (κ2) is 4.91. The summed E-state index contributed by atoms with van der Waals surface area (Å²) in [6.07, 6.45) is 0. The van der Waals surface area contributed by atoms with E-state index >= 15 is 0 Å². The molecule has 1 N–H and O–H groups in total. The van der Waals surface area contributed by atoms with Gasteiger partial charge in [0.05, 0.1) is 12.2 Å². The standard InChI is InChI=1S/C15H16O2/c1-3-17-14-6-4-5-13(16)15(14)12-9-7-11(2)8-10-12/h4-10,16H,3H2,1-2H3. The first-order chi connectivity index (χ1) is 8.22. The van der Waals surface area contributed by atoms with Gasteiger partial charge in [0, 0.05) is 0 Å². The van der Waals surface area contributed by atoms with Gasteiger partial charge < -0.3 is 9.84 Å². The van der Waals surface area contributed by atoms with Crippen molar-refractivity contribution in [3.63, 3.8) is 0 Å². The second-order valence-corrected chi connectivity index (χ2v) is 3.95. The average Bonchev–Trinajstić information content (AvgIpc) is 2.32. The highest BCUT2D eigenvalue weighted by Crippen LogP contribution is 2.37. The summed E-state index contributed by atoms with van der Waals surface area (Å²) < 4.78 is 5.54. The molecule has 2 rings (SSSR count). The van der Waals surface area contributed by atoms with E-state index < -0.39 is 0 Å². The highest BCUT2D eigenvalue weighted by molar-refractivity contribution is 5.76. The summed E-state index contributed by atoms with van der Waals surface area (Å²) in [6.45, 7) is 4.56. The van der Waals surface area contributed by atoms with Crippen LogP contribution in [0, 0.1) is 6.92 Å². The van der Waals surface area contributed by atoms with Crippen molar-refractivity contribution >= 4 is 0 Å². The van der Waals surface area contributed by atoms with Crippen molar-refractivity contribution in [2.45, 2.75) is 13.8 Å². The molecule has 0 saturated carbocycles. The molecule has 0 aliphatic rings. The van der Waals surface area contributed by atoms with E-state index in [4.69, 9.17) is 4.74 Å². The van der Waals surface area contributed by atoms with Crippen LogP contribution in [0.15, 0.2) is 42.5 Å². The van der Waals surface area contributed by atoms with Crippen molar-refractivity contribution < 1.29 is 9.84 Å². The molecule has 0 aliphatic heterocycles. The highest BCUT2D eigenvalue weighted by atomic mass is 16.5. The SMILES string of the molecule is CCOc1cccc(O)c1-c1ccc(C)cc1. The summed E-state index contributed by atoms with van der Waals surface area (Å²) in [5.41, 5.74) is 2.92. The maximum Gasteiger partial charge on any atom is 0.130 e. The van der Waals surface area contributed by atoms with Crippen molar-refractivity contribution in [3.05, 3.63) is 48.0 Å². The third kappa shape index (κ3) is 2.41. The molecule has 0 bridgehead atoms. The van der Waals surface area contributed by atoms with Gasteiger partial charge in [-0.2, -0.15) is 0 Å². The Hall–Kier alpha value is -1.96. The zero-order valence-corrected chi connectivity index (χ0v) is 10.1. The number of rotatable bonds is 3. The lowest BCUT2D eigenvalue weighted by molar-refractivity contribution is 0.339. The lowest BCUT2D eigenvalue weighted by Crippen LogP contribution is -1.94. The predicted molar refractivity (Wildman–Crippen MR) is 69.4 cm³/mol. The fourth-order valence-corrected chi connectivity index (χ4v) is 1.81. The van der Waals surface area contributed by atoms with Crippen LogP contribution in [0.4, 0.5) is 0 Å². The molecular formula is C15H16O2. The molecular weight excluding hydrogens is 212 g/mol. The number of benzene rings is 2. The van der Waals surface area contributed by atoms with Crippen LogP contribution in [0.25, 0.3) is 11.1 Å². The van der Waals surface area contributed by atoms with Crippen LogP contribution >= 0.6 is 0 Å². The minimum atomic E-state index is 0.250. The Labute approximate surface area is 101 Å². The molecule has 88 valence electrons. The lowest BCUT2D eigenvalue weighted by Gasteiger charge is -2.12. The Morgan fingerprint density at radius 2 is 1.76 bits per heavy atom. The Morgan fingerprint density at radius 3 is 2.41 bits per heavy atom. The van der Waals surface area contributed by atoms with Crippen LogP contribution < -0.4 is 4.74 Å². The Balaban J connectivity index is 2.53. The van der Waals surface area contributed by atoms with E-state index in [1.807, 2.05) is 44.2 Å². The predicted octanol–water partition coefficient (Wildman–Crippen LogP) is 3.77. The number of aryl methyl sites for hydroxylation is 1. The van der Waals surface area contributed by atoms with Crippen molar-refractivity contribution in [2.75, 3.05) is 6.61 Å². The van der Waals surface area contributed by atoms with Crippen molar-refractivity contribution in [3.8, 4) is 22.6 Å². The quantitative estimate of drug-likeness (QED) is 0.866. The fraction of sp³-hybridized carbons (Fsp3) is 0.200. The molecule has 2 nitrogen and oxygen atoms in total. The summed E-state index contributed by atoms with van der Waals surface area (Å²) >= 11 is 0. The molecule has 0 amide bonds. The molecule has 0 spiro atoms. The average molecular weight is 228 g/mol. The second-order valence-electron chi connectivity index (χ2n) is 3.95. The van der Waals surface area contributed by atoms with Gasteiger partial charge in [0.2, 0.25) is 0 Å². The van der Waals surface area contributed by atoms with E-state index in [-0.39, 0.29) is 5.75 Å². The smallest absolute Gasteiger partial charge is 0.130 e. The summed E-state index contributed by atoms with van der Waals surface area (Å²) in [7, 11) is 0. The van der Waals surface area contributed by atoms with E-state index in [9.17, 15) is 5.11 Å². The zero-order valence-electron chi connectivity index (χ0n) is 10.1. The number of ether oxygens (including phenoxy) is 1. The largest absolute Gasteiger partial charge is 0.507 e. The van der Waals surface area contributed by atoms with Crippen LogP contribution in [-0.2, 0) is 0 Å². The molecule has 0 aromatic heterocycles. The summed E-state index contributed by atoms with van der Waals surface area (Å²) in [4.78, 5) is 0. The molecule has 0 atom stereocenters. The molecule has 0 fully saturated rings. The van der Waals surface area contributed by atoms with Gasteiger partial charge in [-0.3, -0.25) is 0 Å².